The molecule has 0 aliphatic carbocycles. The Morgan fingerprint density at radius 3 is 1.81 bits per heavy atom. The summed E-state index contributed by atoms with van der Waals surface area (Å²) in [5.74, 6) is -2.30. The lowest BCUT2D eigenvalue weighted by Gasteiger charge is -1.99. The molecule has 1 aliphatic rings. The minimum Gasteiger partial charge on any atom is -0.478 e. The molecule has 1 heterocycles. The summed E-state index contributed by atoms with van der Waals surface area (Å²) >= 11 is 1.05. The molecular formula is C8H9NO6S. The Morgan fingerprint density at radius 2 is 1.69 bits per heavy atom. The number of nitrogens with zero attached hydrogens (tertiary/aromatic N) is 1. The van der Waals surface area contributed by atoms with E-state index in [1.54, 1.807) is 0 Å². The normalized spacial score (nSPS) is 14.9. The van der Waals surface area contributed by atoms with Crippen molar-refractivity contribution in [1.82, 2.24) is 4.90 Å². The summed E-state index contributed by atoms with van der Waals surface area (Å²) < 4.78 is 0. The van der Waals surface area contributed by atoms with Crippen molar-refractivity contribution >= 4 is 34.8 Å². The molecule has 2 amide bonds. The molecule has 0 atom stereocenters. The Kier molecular flexibility index (Phi) is 5.86. The number of carboxylic acids is 2. The highest BCUT2D eigenvalue weighted by molar-refractivity contribution is 8.14. The molecule has 0 aromatic heterocycles. The van der Waals surface area contributed by atoms with E-state index in [1.165, 1.54) is 7.05 Å². The van der Waals surface area contributed by atoms with Crippen molar-refractivity contribution in [2.24, 2.45) is 0 Å². The first-order valence-corrected chi connectivity index (χ1v) is 4.90. The molecule has 7 nitrogen and oxygen atoms in total. The second kappa shape index (κ2) is 6.62. The smallest absolute Gasteiger partial charge is 0.328 e. The van der Waals surface area contributed by atoms with Crippen LogP contribution >= 0.6 is 11.8 Å². The van der Waals surface area contributed by atoms with E-state index < -0.39 is 11.9 Å². The van der Waals surface area contributed by atoms with E-state index in [0.717, 1.165) is 16.7 Å². The summed E-state index contributed by atoms with van der Waals surface area (Å²) in [6.07, 6.45) is 1.12. The van der Waals surface area contributed by atoms with Crippen molar-refractivity contribution in [3.63, 3.8) is 0 Å². The fourth-order valence-electron chi connectivity index (χ4n) is 0.562. The highest BCUT2D eigenvalue weighted by Gasteiger charge is 2.25. The Balaban J connectivity index is 0.000000281. The van der Waals surface area contributed by atoms with E-state index >= 15 is 0 Å². The lowest BCUT2D eigenvalue weighted by molar-refractivity contribution is -0.134. The zero-order valence-electron chi connectivity index (χ0n) is 8.24. The van der Waals surface area contributed by atoms with Gasteiger partial charge in [-0.1, -0.05) is 11.8 Å². The predicted octanol–water partition coefficient (Wildman–Crippen LogP) is 0.0234. The van der Waals surface area contributed by atoms with Crippen LogP contribution in [-0.4, -0.2) is 51.0 Å². The molecule has 1 rings (SSSR count). The van der Waals surface area contributed by atoms with Crippen LogP contribution in [0.5, 0.6) is 0 Å². The number of carbonyl (C=O) groups is 4. The topological polar surface area (TPSA) is 112 Å². The lowest BCUT2D eigenvalue weighted by atomic mass is 10.5. The number of imide groups is 1. The molecule has 88 valence electrons. The van der Waals surface area contributed by atoms with Crippen LogP contribution in [0.1, 0.15) is 0 Å². The predicted molar refractivity (Wildman–Crippen MR) is 55.0 cm³/mol. The Morgan fingerprint density at radius 1 is 1.25 bits per heavy atom. The maximum atomic E-state index is 10.5. The van der Waals surface area contributed by atoms with Crippen molar-refractivity contribution in [3.8, 4) is 0 Å². The van der Waals surface area contributed by atoms with Gasteiger partial charge in [0.15, 0.2) is 0 Å². The summed E-state index contributed by atoms with van der Waals surface area (Å²) in [6, 6.07) is 0. The summed E-state index contributed by atoms with van der Waals surface area (Å²) in [7, 11) is 1.49. The number of rotatable bonds is 2. The van der Waals surface area contributed by atoms with Crippen LogP contribution in [0.25, 0.3) is 0 Å². The summed E-state index contributed by atoms with van der Waals surface area (Å²) in [4.78, 5) is 41.2. The second-order valence-electron chi connectivity index (χ2n) is 2.52. The van der Waals surface area contributed by atoms with Crippen LogP contribution in [-0.2, 0) is 14.4 Å². The molecule has 8 heteroatoms. The van der Waals surface area contributed by atoms with Crippen LogP contribution in [0, 0.1) is 0 Å². The molecule has 0 unspecified atom stereocenters. The van der Waals surface area contributed by atoms with Crippen LogP contribution in [0.2, 0.25) is 0 Å². The second-order valence-corrected chi connectivity index (χ2v) is 3.44. The standard InChI is InChI=1S/C4H5NO2S.C4H4O4/c1-5-3(6)2-8-4(5)7;5-3(6)1-2-4(7)8/h2H2,1H3;1-2H,(H,5,6)(H,7,8)/b;2-1-. The quantitative estimate of drug-likeness (QED) is 0.661. The molecule has 0 aromatic rings. The number of amides is 2. The first kappa shape index (κ1) is 14.2. The lowest BCUT2D eigenvalue weighted by Crippen LogP contribution is -2.22. The third kappa shape index (κ3) is 5.81. The molecule has 16 heavy (non-hydrogen) atoms. The third-order valence-electron chi connectivity index (χ3n) is 1.34. The largest absolute Gasteiger partial charge is 0.478 e. The average Bonchev–Trinajstić information content (AvgIpc) is 2.47. The first-order valence-electron chi connectivity index (χ1n) is 3.92. The van der Waals surface area contributed by atoms with Gasteiger partial charge in [-0.2, -0.15) is 0 Å². The Hall–Kier alpha value is -1.83. The molecule has 0 saturated carbocycles. The summed E-state index contributed by atoms with van der Waals surface area (Å²) in [5, 5.41) is 15.5. The SMILES string of the molecule is CN1C(=O)CSC1=O.O=C(O)/C=C\C(=O)O. The van der Waals surface area contributed by atoms with E-state index in [0.29, 0.717) is 17.9 Å². The van der Waals surface area contributed by atoms with Crippen LogP contribution in [0.4, 0.5) is 4.79 Å². The van der Waals surface area contributed by atoms with Gasteiger partial charge in [-0.05, 0) is 0 Å². The van der Waals surface area contributed by atoms with Crippen LogP contribution in [0.3, 0.4) is 0 Å². The fourth-order valence-corrected chi connectivity index (χ4v) is 1.30. The molecule has 1 fully saturated rings. The monoisotopic (exact) mass is 247 g/mol. The van der Waals surface area contributed by atoms with Gasteiger partial charge in [-0.3, -0.25) is 14.5 Å². The molecule has 0 radical (unpaired) electrons. The van der Waals surface area contributed by atoms with Crippen molar-refractivity contribution < 1.29 is 29.4 Å². The Labute approximate surface area is 94.7 Å². The van der Waals surface area contributed by atoms with Crippen LogP contribution < -0.4 is 0 Å². The minimum absolute atomic E-state index is 0.0972. The van der Waals surface area contributed by atoms with Gasteiger partial charge < -0.3 is 10.2 Å². The number of hydrogen-bond donors (Lipinski definition) is 2. The van der Waals surface area contributed by atoms with E-state index in [1.807, 2.05) is 0 Å². The van der Waals surface area contributed by atoms with Crippen molar-refractivity contribution in [2.75, 3.05) is 12.8 Å². The number of hydrogen-bond acceptors (Lipinski definition) is 5. The van der Waals surface area contributed by atoms with E-state index in [2.05, 4.69) is 0 Å². The van der Waals surface area contributed by atoms with Crippen molar-refractivity contribution in [3.05, 3.63) is 12.2 Å². The zero-order chi connectivity index (χ0) is 12.7. The van der Waals surface area contributed by atoms with Gasteiger partial charge >= 0.3 is 11.9 Å². The van der Waals surface area contributed by atoms with Gasteiger partial charge in [-0.25, -0.2) is 9.59 Å². The third-order valence-corrected chi connectivity index (χ3v) is 2.25. The molecule has 0 aromatic carbocycles. The molecule has 0 bridgehead atoms. The van der Waals surface area contributed by atoms with Crippen molar-refractivity contribution in [1.29, 1.82) is 0 Å². The van der Waals surface area contributed by atoms with Gasteiger partial charge in [0.1, 0.15) is 0 Å². The van der Waals surface area contributed by atoms with Gasteiger partial charge in [0, 0.05) is 19.2 Å². The maximum Gasteiger partial charge on any atom is 0.328 e. The van der Waals surface area contributed by atoms with Gasteiger partial charge in [0.25, 0.3) is 5.24 Å². The van der Waals surface area contributed by atoms with E-state index in [9.17, 15) is 19.2 Å². The maximum absolute atomic E-state index is 10.5. The first-order chi connectivity index (χ1) is 7.34. The van der Waals surface area contributed by atoms with Gasteiger partial charge in [0.05, 0.1) is 5.75 Å². The van der Waals surface area contributed by atoms with Gasteiger partial charge in [0.2, 0.25) is 5.91 Å². The molecule has 0 spiro atoms. The molecule has 2 N–H and O–H groups in total. The van der Waals surface area contributed by atoms with Gasteiger partial charge in [-0.15, -0.1) is 0 Å². The summed E-state index contributed by atoms with van der Waals surface area (Å²) in [5.41, 5.74) is 0. The van der Waals surface area contributed by atoms with Crippen molar-refractivity contribution in [2.45, 2.75) is 0 Å². The average molecular weight is 247 g/mol. The number of aliphatic carboxylic acids is 2. The molecular weight excluding hydrogens is 238 g/mol. The van der Waals surface area contributed by atoms with E-state index in [4.69, 9.17) is 10.2 Å². The molecule has 1 saturated heterocycles. The molecule has 1 aliphatic heterocycles. The number of carboxylic acid groups (broad SMARTS) is 2. The highest BCUT2D eigenvalue weighted by Crippen LogP contribution is 2.15. The number of thioether (sulfide) groups is 1. The Bertz CT molecular complexity index is 318. The summed E-state index contributed by atoms with van der Waals surface area (Å²) in [6.45, 7) is 0. The fraction of sp³-hybridized carbons (Fsp3) is 0.250. The minimum atomic E-state index is -1.26. The van der Waals surface area contributed by atoms with Crippen LogP contribution in [0.15, 0.2) is 12.2 Å². The zero-order valence-corrected chi connectivity index (χ0v) is 9.06. The number of carbonyl (C=O) groups excluding carboxylic acids is 2. The highest BCUT2D eigenvalue weighted by atomic mass is 32.2. The van der Waals surface area contributed by atoms with E-state index in [-0.39, 0.29) is 11.1 Å².